The van der Waals surface area contributed by atoms with Gasteiger partial charge in [0, 0.05) is 37.7 Å². The first-order valence-corrected chi connectivity index (χ1v) is 20.2. The van der Waals surface area contributed by atoms with Crippen molar-refractivity contribution in [1.29, 1.82) is 0 Å². The number of ether oxygens (including phenoxy) is 5. The zero-order chi connectivity index (χ0) is 40.4. The highest BCUT2D eigenvalue weighted by molar-refractivity contribution is 5.80. The highest BCUT2D eigenvalue weighted by atomic mass is 16.8. The van der Waals surface area contributed by atoms with Crippen molar-refractivity contribution in [2.45, 2.75) is 164 Å². The first-order valence-electron chi connectivity index (χ1n) is 20.2. The fourth-order valence-corrected chi connectivity index (χ4v) is 12.3. The summed E-state index contributed by atoms with van der Waals surface area (Å²) in [5.74, 6) is -2.03. The Hall–Kier alpha value is -0.930. The molecule has 6 fully saturated rings. The Bertz CT molecular complexity index is 1320. The van der Waals surface area contributed by atoms with Crippen LogP contribution < -0.4 is 0 Å². The molecule has 16 heteroatoms. The van der Waals surface area contributed by atoms with E-state index >= 15 is 0 Å². The monoisotopic (exact) mass is 790 g/mol. The van der Waals surface area contributed by atoms with E-state index in [1.165, 1.54) is 7.11 Å². The third-order valence-electron chi connectivity index (χ3n) is 15.2. The molecule has 10 N–H and O–H groups in total. The largest absolute Gasteiger partial charge is 0.394 e. The van der Waals surface area contributed by atoms with Crippen molar-refractivity contribution >= 4 is 5.78 Å². The molecule has 4 unspecified atom stereocenters. The van der Waals surface area contributed by atoms with Crippen LogP contribution in [0.1, 0.15) is 79.1 Å². The number of methoxy groups -OCH3 is 1. The zero-order valence-electron chi connectivity index (χ0n) is 32.7. The van der Waals surface area contributed by atoms with Crippen molar-refractivity contribution in [2.24, 2.45) is 46.3 Å². The van der Waals surface area contributed by atoms with Gasteiger partial charge in [-0.15, -0.1) is 0 Å². The van der Waals surface area contributed by atoms with E-state index in [1.807, 2.05) is 6.92 Å². The van der Waals surface area contributed by atoms with Crippen molar-refractivity contribution in [1.82, 2.24) is 0 Å². The molecule has 0 aromatic heterocycles. The Labute approximate surface area is 322 Å². The molecule has 4 aliphatic carbocycles. The van der Waals surface area contributed by atoms with E-state index < -0.39 is 121 Å². The van der Waals surface area contributed by atoms with Crippen molar-refractivity contribution in [3.8, 4) is 0 Å². The van der Waals surface area contributed by atoms with Crippen LogP contribution in [0.2, 0.25) is 0 Å². The van der Waals surface area contributed by atoms with E-state index in [2.05, 4.69) is 13.8 Å². The minimum atomic E-state index is -1.54. The van der Waals surface area contributed by atoms with Gasteiger partial charge in [-0.1, -0.05) is 27.7 Å². The van der Waals surface area contributed by atoms with Crippen LogP contribution in [0, 0.1) is 46.3 Å². The van der Waals surface area contributed by atoms with E-state index in [1.54, 1.807) is 6.92 Å². The predicted molar refractivity (Wildman–Crippen MR) is 191 cm³/mol. The van der Waals surface area contributed by atoms with Crippen molar-refractivity contribution in [3.05, 3.63) is 0 Å². The van der Waals surface area contributed by atoms with Crippen LogP contribution >= 0.6 is 0 Å². The van der Waals surface area contributed by atoms with E-state index in [-0.39, 0.29) is 49.6 Å². The maximum atomic E-state index is 13.5. The van der Waals surface area contributed by atoms with E-state index in [0.717, 1.165) is 6.42 Å². The molecule has 55 heavy (non-hydrogen) atoms. The van der Waals surface area contributed by atoms with Gasteiger partial charge in [0.1, 0.15) is 48.5 Å². The molecule has 2 aliphatic heterocycles. The molecule has 22 atom stereocenters. The first-order chi connectivity index (χ1) is 25.8. The van der Waals surface area contributed by atoms with Gasteiger partial charge in [0.2, 0.25) is 0 Å². The van der Waals surface area contributed by atoms with Crippen LogP contribution in [0.25, 0.3) is 0 Å². The molecule has 0 amide bonds. The summed E-state index contributed by atoms with van der Waals surface area (Å²) in [4.78, 5) is 13.5. The summed E-state index contributed by atoms with van der Waals surface area (Å²) >= 11 is 0. The van der Waals surface area contributed by atoms with Crippen LogP contribution in [-0.4, -0.2) is 169 Å². The average Bonchev–Trinajstić information content (AvgIpc) is 3.60. The maximum Gasteiger partial charge on any atom is 0.187 e. The second-order valence-corrected chi connectivity index (χ2v) is 18.4. The summed E-state index contributed by atoms with van der Waals surface area (Å²) in [6, 6.07) is 0. The minimum absolute atomic E-state index is 0.00511. The number of aliphatic hydroxyl groups is 10. The Morgan fingerprint density at radius 3 is 2.25 bits per heavy atom. The number of fused-ring (bicyclic) bond motifs is 5. The summed E-state index contributed by atoms with van der Waals surface area (Å²) in [5.41, 5.74) is -2.42. The molecule has 2 heterocycles. The standard InChI is InChI=1S/C39H66O16/c1-17(19-12-22(43)34-37(19,3)11-9-26-38(4)10-8-21(42)28(46)27(38)23(44)13-39(26,34)50)6-7-20(41)18(2)15-52-36-33(31(49)32(54-36)24(45)14-40)55-35-30(48)29(47)25(51-5)16-53-35/h17-19,21-36,40,42-50H,6-16H2,1-5H3/t17-,18?,19-,21+,22-,23+,24-,25-,26?,27?,28+,29+,30-,31-,32-,33+,34?,35+,36+,37-,38-,39+/m1/s1. The lowest BCUT2D eigenvalue weighted by molar-refractivity contribution is -0.305. The van der Waals surface area contributed by atoms with E-state index in [4.69, 9.17) is 23.7 Å². The van der Waals surface area contributed by atoms with E-state index in [9.17, 15) is 55.9 Å². The highest BCUT2D eigenvalue weighted by Crippen LogP contribution is 2.69. The maximum absolute atomic E-state index is 13.5. The molecule has 6 aliphatic rings. The quantitative estimate of drug-likeness (QED) is 0.103. The Balaban J connectivity index is 1.06. The van der Waals surface area contributed by atoms with Crippen molar-refractivity contribution < 1.29 is 79.5 Å². The van der Waals surface area contributed by atoms with Gasteiger partial charge in [-0.2, -0.15) is 0 Å². The van der Waals surface area contributed by atoms with Crippen LogP contribution in [0.3, 0.4) is 0 Å². The molecule has 318 valence electrons. The second-order valence-electron chi connectivity index (χ2n) is 18.4. The number of carbonyl (C=O) groups is 1. The number of rotatable bonds is 13. The molecule has 0 aromatic rings. The number of hydrogen-bond acceptors (Lipinski definition) is 16. The van der Waals surface area contributed by atoms with Crippen LogP contribution in [0.5, 0.6) is 0 Å². The van der Waals surface area contributed by atoms with Crippen molar-refractivity contribution in [2.75, 3.05) is 26.9 Å². The lowest BCUT2D eigenvalue weighted by Gasteiger charge is -2.66. The number of hydrogen-bond donors (Lipinski definition) is 10. The summed E-state index contributed by atoms with van der Waals surface area (Å²) < 4.78 is 28.1. The summed E-state index contributed by atoms with van der Waals surface area (Å²) in [7, 11) is 1.36. The Kier molecular flexibility index (Phi) is 13.2. The van der Waals surface area contributed by atoms with Gasteiger partial charge in [0.15, 0.2) is 12.6 Å². The van der Waals surface area contributed by atoms with Gasteiger partial charge >= 0.3 is 0 Å². The molecule has 0 radical (unpaired) electrons. The molecular formula is C39H66O16. The molecule has 16 nitrogen and oxygen atoms in total. The lowest BCUT2D eigenvalue weighted by Crippen LogP contribution is -2.70. The number of ketones is 1. The number of aliphatic hydroxyl groups excluding tert-OH is 9. The number of carbonyl (C=O) groups excluding carboxylic acids is 1. The van der Waals surface area contributed by atoms with Gasteiger partial charge in [-0.3, -0.25) is 4.79 Å². The second kappa shape index (κ2) is 16.6. The molecule has 2 saturated heterocycles. The molecule has 0 bridgehead atoms. The van der Waals surface area contributed by atoms with Crippen LogP contribution in [0.15, 0.2) is 0 Å². The Morgan fingerprint density at radius 1 is 0.891 bits per heavy atom. The summed E-state index contributed by atoms with van der Waals surface area (Å²) in [5, 5.41) is 109. The molecular weight excluding hydrogens is 724 g/mol. The van der Waals surface area contributed by atoms with Gasteiger partial charge in [0.25, 0.3) is 0 Å². The zero-order valence-corrected chi connectivity index (χ0v) is 32.7. The Morgan fingerprint density at radius 2 is 1.58 bits per heavy atom. The normalized spacial score (nSPS) is 51.5. The topological polar surface area (TPSA) is 266 Å². The van der Waals surface area contributed by atoms with Crippen LogP contribution in [-0.2, 0) is 28.5 Å². The predicted octanol–water partition coefficient (Wildman–Crippen LogP) is -1.41. The van der Waals surface area contributed by atoms with Crippen molar-refractivity contribution in [3.63, 3.8) is 0 Å². The third-order valence-corrected chi connectivity index (χ3v) is 15.2. The fraction of sp³-hybridized carbons (Fsp3) is 0.974. The highest BCUT2D eigenvalue weighted by Gasteiger charge is 2.71. The number of Topliss-reactive ketones (excluding diaryl/α,β-unsaturated/α-hetero) is 1. The fourth-order valence-electron chi connectivity index (χ4n) is 12.3. The summed E-state index contributed by atoms with van der Waals surface area (Å²) in [6.45, 7) is 6.91. The van der Waals surface area contributed by atoms with Gasteiger partial charge in [-0.05, 0) is 67.1 Å². The third kappa shape index (κ3) is 7.59. The lowest BCUT2D eigenvalue weighted by atomic mass is 9.41. The SMILES string of the molecule is CO[C@@H]1CO[C@@H](O[C@@H]2[C@@H](OCC(C)C(=O)CC[C@@H](C)[C@H]3C[C@@H](O)C4[C@]5(O)C[C@H](O)C6[C@@H](O)[C@@H](O)CC[C@]6(C)C5CC[C@@]43C)O[C@H]([C@H](O)CO)[C@H]2O)[C@H](O)[C@H]1O. The molecule has 4 saturated carbocycles. The van der Waals surface area contributed by atoms with Gasteiger partial charge < -0.3 is 74.7 Å². The van der Waals surface area contributed by atoms with E-state index in [0.29, 0.717) is 32.1 Å². The molecule has 0 spiro atoms. The molecule has 0 aromatic carbocycles. The summed E-state index contributed by atoms with van der Waals surface area (Å²) in [6.07, 6.45) is -12.3. The van der Waals surface area contributed by atoms with Gasteiger partial charge in [-0.25, -0.2) is 0 Å². The first kappa shape index (κ1) is 43.6. The van der Waals surface area contributed by atoms with Gasteiger partial charge in [0.05, 0.1) is 49.8 Å². The molecule has 6 rings (SSSR count). The average molecular weight is 791 g/mol. The smallest absolute Gasteiger partial charge is 0.187 e. The minimum Gasteiger partial charge on any atom is -0.394 e. The van der Waals surface area contributed by atoms with Crippen LogP contribution in [0.4, 0.5) is 0 Å².